The fraction of sp³-hybridized carbons (Fsp3) is 0.250. The van der Waals surface area contributed by atoms with E-state index in [-0.39, 0.29) is 5.82 Å². The summed E-state index contributed by atoms with van der Waals surface area (Å²) in [6.45, 7) is 9.86. The molecule has 0 saturated carbocycles. The van der Waals surface area contributed by atoms with Crippen LogP contribution in [-0.2, 0) is 4.43 Å². The third-order valence-electron chi connectivity index (χ3n) is 1.73. The fourth-order valence-corrected chi connectivity index (χ4v) is 2.24. The SMILES string of the molecule is C=C(N=Cc1cc(F)ccc1Br)O[Si](C)(C)C. The molecule has 1 rings (SSSR count). The monoisotopic (exact) mass is 315 g/mol. The van der Waals surface area contributed by atoms with Crippen LogP contribution < -0.4 is 0 Å². The third kappa shape index (κ3) is 5.28. The van der Waals surface area contributed by atoms with E-state index in [1.807, 2.05) is 19.6 Å². The zero-order valence-corrected chi connectivity index (χ0v) is 12.7. The van der Waals surface area contributed by atoms with Crippen LogP contribution in [0.15, 0.2) is 40.1 Å². The molecule has 0 amide bonds. The molecule has 2 nitrogen and oxygen atoms in total. The second-order valence-electron chi connectivity index (χ2n) is 4.53. The number of aliphatic imine (C=N–C) groups is 1. The molecular weight excluding hydrogens is 301 g/mol. The Morgan fingerprint density at radius 1 is 1.47 bits per heavy atom. The Hall–Kier alpha value is -0.943. The van der Waals surface area contributed by atoms with Crippen molar-refractivity contribution in [1.29, 1.82) is 0 Å². The number of hydrogen-bond donors (Lipinski definition) is 0. The molecule has 1 aromatic rings. The molecule has 92 valence electrons. The largest absolute Gasteiger partial charge is 0.532 e. The van der Waals surface area contributed by atoms with Crippen molar-refractivity contribution in [2.75, 3.05) is 0 Å². The van der Waals surface area contributed by atoms with Gasteiger partial charge in [-0.3, -0.25) is 0 Å². The van der Waals surface area contributed by atoms with Gasteiger partial charge in [0.25, 0.3) is 0 Å². The van der Waals surface area contributed by atoms with Crippen molar-refractivity contribution in [2.24, 2.45) is 4.99 Å². The molecule has 0 aromatic heterocycles. The molecule has 0 radical (unpaired) electrons. The quantitative estimate of drug-likeness (QED) is 0.460. The second kappa shape index (κ2) is 5.60. The molecule has 0 unspecified atom stereocenters. The predicted molar refractivity (Wildman–Crippen MR) is 75.3 cm³/mol. The summed E-state index contributed by atoms with van der Waals surface area (Å²) in [7, 11) is -1.68. The average Bonchev–Trinajstić information content (AvgIpc) is 2.17. The average molecular weight is 316 g/mol. The van der Waals surface area contributed by atoms with E-state index in [2.05, 4.69) is 27.5 Å². The molecule has 0 aliphatic carbocycles. The Kier molecular flexibility index (Phi) is 4.65. The summed E-state index contributed by atoms with van der Waals surface area (Å²) in [5.74, 6) is 0.0618. The van der Waals surface area contributed by atoms with Gasteiger partial charge < -0.3 is 4.43 Å². The van der Waals surface area contributed by atoms with E-state index in [9.17, 15) is 4.39 Å². The maximum atomic E-state index is 13.0. The molecule has 0 spiro atoms. The normalized spacial score (nSPS) is 11.8. The van der Waals surface area contributed by atoms with Crippen molar-refractivity contribution >= 4 is 30.5 Å². The van der Waals surface area contributed by atoms with E-state index < -0.39 is 8.32 Å². The molecule has 0 atom stereocenters. The second-order valence-corrected chi connectivity index (χ2v) is 9.82. The molecule has 1 aromatic carbocycles. The molecule has 17 heavy (non-hydrogen) atoms. The first-order chi connectivity index (χ1) is 7.78. The minimum Gasteiger partial charge on any atom is -0.532 e. The van der Waals surface area contributed by atoms with E-state index in [4.69, 9.17) is 4.43 Å². The summed E-state index contributed by atoms with van der Waals surface area (Å²) in [5, 5.41) is 0. The number of hydrogen-bond acceptors (Lipinski definition) is 2. The molecule has 0 saturated heterocycles. The van der Waals surface area contributed by atoms with Crippen LogP contribution in [0.3, 0.4) is 0 Å². The molecular formula is C12H15BrFNOSi. The number of halogens is 2. The Bertz CT molecular complexity index is 454. The van der Waals surface area contributed by atoms with Gasteiger partial charge in [0.05, 0.1) is 0 Å². The molecule has 5 heteroatoms. The maximum absolute atomic E-state index is 13.0. The van der Waals surface area contributed by atoms with Crippen LogP contribution in [0.2, 0.25) is 19.6 Å². The van der Waals surface area contributed by atoms with Gasteiger partial charge in [-0.1, -0.05) is 15.9 Å². The topological polar surface area (TPSA) is 21.6 Å². The highest BCUT2D eigenvalue weighted by molar-refractivity contribution is 9.10. The lowest BCUT2D eigenvalue weighted by atomic mass is 10.2. The fourth-order valence-electron chi connectivity index (χ4n) is 1.13. The maximum Gasteiger partial charge on any atom is 0.244 e. The van der Waals surface area contributed by atoms with E-state index in [0.29, 0.717) is 11.4 Å². The Labute approximate surface area is 110 Å². The first-order valence-electron chi connectivity index (χ1n) is 5.15. The van der Waals surface area contributed by atoms with Crippen molar-refractivity contribution in [3.05, 3.63) is 46.5 Å². The van der Waals surface area contributed by atoms with E-state index in [0.717, 1.165) is 4.47 Å². The molecule has 0 aliphatic heterocycles. The standard InChI is InChI=1S/C12H15BrFNOSi/c1-9(16-17(2,3)4)15-8-10-7-11(14)5-6-12(10)13/h5-8H,1H2,2-4H3. The van der Waals surface area contributed by atoms with Crippen molar-refractivity contribution in [2.45, 2.75) is 19.6 Å². The summed E-state index contributed by atoms with van der Waals surface area (Å²) in [4.78, 5) is 4.08. The number of rotatable bonds is 4. The van der Waals surface area contributed by atoms with E-state index in [1.54, 1.807) is 6.07 Å². The highest BCUT2D eigenvalue weighted by Crippen LogP contribution is 2.17. The van der Waals surface area contributed by atoms with Crippen molar-refractivity contribution in [3.8, 4) is 0 Å². The Balaban J connectivity index is 2.77. The summed E-state index contributed by atoms with van der Waals surface area (Å²) in [6, 6.07) is 4.42. The Morgan fingerprint density at radius 2 is 2.12 bits per heavy atom. The van der Waals surface area contributed by atoms with Gasteiger partial charge in [-0.25, -0.2) is 9.38 Å². The molecule has 0 fully saturated rings. The van der Waals surface area contributed by atoms with Crippen LogP contribution in [0.4, 0.5) is 4.39 Å². The number of nitrogens with zero attached hydrogens (tertiary/aromatic N) is 1. The van der Waals surface area contributed by atoms with Crippen molar-refractivity contribution in [3.63, 3.8) is 0 Å². The summed E-state index contributed by atoms with van der Waals surface area (Å²) in [6.07, 6.45) is 1.54. The molecule has 0 aliphatic rings. The molecule has 0 heterocycles. The zero-order chi connectivity index (χ0) is 13.1. The first kappa shape index (κ1) is 14.1. The van der Waals surface area contributed by atoms with E-state index >= 15 is 0 Å². The van der Waals surface area contributed by atoms with Gasteiger partial charge >= 0.3 is 0 Å². The van der Waals surface area contributed by atoms with Crippen LogP contribution in [0.1, 0.15) is 5.56 Å². The minimum atomic E-state index is -1.68. The van der Waals surface area contributed by atoms with Gasteiger partial charge in [-0.2, -0.15) is 0 Å². The van der Waals surface area contributed by atoms with Gasteiger partial charge in [-0.15, -0.1) is 0 Å². The van der Waals surface area contributed by atoms with Crippen LogP contribution in [0, 0.1) is 5.82 Å². The number of benzene rings is 1. The predicted octanol–water partition coefficient (Wildman–Crippen LogP) is 4.33. The van der Waals surface area contributed by atoms with Crippen molar-refractivity contribution < 1.29 is 8.82 Å². The van der Waals surface area contributed by atoms with Crippen LogP contribution >= 0.6 is 15.9 Å². The molecule has 0 N–H and O–H groups in total. The van der Waals surface area contributed by atoms with Crippen LogP contribution in [-0.4, -0.2) is 14.5 Å². The van der Waals surface area contributed by atoms with Crippen LogP contribution in [0.25, 0.3) is 0 Å². The highest BCUT2D eigenvalue weighted by atomic mass is 79.9. The zero-order valence-electron chi connectivity index (χ0n) is 10.1. The van der Waals surface area contributed by atoms with Gasteiger partial charge in [0, 0.05) is 16.3 Å². The van der Waals surface area contributed by atoms with Crippen LogP contribution in [0.5, 0.6) is 0 Å². The van der Waals surface area contributed by atoms with Gasteiger partial charge in [0.15, 0.2) is 5.88 Å². The lowest BCUT2D eigenvalue weighted by Gasteiger charge is -2.17. The van der Waals surface area contributed by atoms with Gasteiger partial charge in [0.1, 0.15) is 5.82 Å². The first-order valence-corrected chi connectivity index (χ1v) is 9.35. The van der Waals surface area contributed by atoms with E-state index in [1.165, 1.54) is 18.3 Å². The summed E-state index contributed by atoms with van der Waals surface area (Å²) >= 11 is 3.32. The van der Waals surface area contributed by atoms with Crippen molar-refractivity contribution in [1.82, 2.24) is 0 Å². The smallest absolute Gasteiger partial charge is 0.244 e. The lowest BCUT2D eigenvalue weighted by molar-refractivity contribution is 0.421. The van der Waals surface area contributed by atoms with Gasteiger partial charge in [-0.05, 0) is 44.4 Å². The minimum absolute atomic E-state index is 0.300. The van der Waals surface area contributed by atoms with Gasteiger partial charge in [0.2, 0.25) is 8.32 Å². The third-order valence-corrected chi connectivity index (χ3v) is 3.30. The highest BCUT2D eigenvalue weighted by Gasteiger charge is 2.16. The Morgan fingerprint density at radius 3 is 2.71 bits per heavy atom. The molecule has 0 bridgehead atoms. The summed E-state index contributed by atoms with van der Waals surface area (Å²) in [5.41, 5.74) is 0.658. The summed E-state index contributed by atoms with van der Waals surface area (Å²) < 4.78 is 19.4. The lowest BCUT2D eigenvalue weighted by Crippen LogP contribution is -2.24.